The summed E-state index contributed by atoms with van der Waals surface area (Å²) in [5.74, 6) is -1.82. The van der Waals surface area contributed by atoms with Gasteiger partial charge < -0.3 is 0 Å². The average molecular weight is 274 g/mol. The largest absolute Gasteiger partial charge is 0.293 e. The maximum atomic E-state index is 13.9. The summed E-state index contributed by atoms with van der Waals surface area (Å²) in [6.45, 7) is 4.99. The van der Waals surface area contributed by atoms with Gasteiger partial charge in [0, 0.05) is 6.07 Å². The Morgan fingerprint density at radius 2 is 1.60 bits per heavy atom. The molecule has 2 aromatic carbocycles. The summed E-state index contributed by atoms with van der Waals surface area (Å²) >= 11 is 0. The fourth-order valence-electron chi connectivity index (χ4n) is 2.15. The molecule has 0 fully saturated rings. The van der Waals surface area contributed by atoms with Crippen LogP contribution in [0.3, 0.4) is 0 Å². The number of ketones is 1. The van der Waals surface area contributed by atoms with Crippen molar-refractivity contribution < 1.29 is 13.6 Å². The zero-order chi connectivity index (χ0) is 14.9. The number of hydrogen-bond donors (Lipinski definition) is 0. The van der Waals surface area contributed by atoms with Crippen LogP contribution in [0.4, 0.5) is 8.78 Å². The predicted molar refractivity (Wildman–Crippen MR) is 74.9 cm³/mol. The molecule has 0 atom stereocenters. The SMILES string of the molecule is Cc1cc(C(=O)C(C)(C)c2ccccc2)c(F)cc1F. The van der Waals surface area contributed by atoms with Crippen molar-refractivity contribution in [2.24, 2.45) is 0 Å². The lowest BCUT2D eigenvalue weighted by molar-refractivity contribution is 0.0904. The van der Waals surface area contributed by atoms with Crippen molar-refractivity contribution >= 4 is 5.78 Å². The van der Waals surface area contributed by atoms with E-state index in [0.29, 0.717) is 0 Å². The Morgan fingerprint density at radius 1 is 1.00 bits per heavy atom. The first kappa shape index (κ1) is 14.4. The first-order valence-corrected chi connectivity index (χ1v) is 6.40. The van der Waals surface area contributed by atoms with Crippen LogP contribution in [-0.2, 0) is 5.41 Å². The monoisotopic (exact) mass is 274 g/mol. The zero-order valence-corrected chi connectivity index (χ0v) is 11.7. The smallest absolute Gasteiger partial charge is 0.175 e. The second-order valence-corrected chi connectivity index (χ2v) is 5.40. The van der Waals surface area contributed by atoms with Gasteiger partial charge in [-0.2, -0.15) is 0 Å². The summed E-state index contributed by atoms with van der Waals surface area (Å²) in [6.07, 6.45) is 0. The topological polar surface area (TPSA) is 17.1 Å². The van der Waals surface area contributed by atoms with Crippen molar-refractivity contribution in [1.82, 2.24) is 0 Å². The number of rotatable bonds is 3. The summed E-state index contributed by atoms with van der Waals surface area (Å²) in [4.78, 5) is 12.6. The molecule has 1 nitrogen and oxygen atoms in total. The van der Waals surface area contributed by atoms with Crippen molar-refractivity contribution in [2.75, 3.05) is 0 Å². The highest BCUT2D eigenvalue weighted by Crippen LogP contribution is 2.29. The molecule has 0 saturated heterocycles. The Morgan fingerprint density at radius 3 is 2.20 bits per heavy atom. The molecule has 0 bridgehead atoms. The van der Waals surface area contributed by atoms with E-state index in [-0.39, 0.29) is 16.9 Å². The van der Waals surface area contributed by atoms with Gasteiger partial charge in [0.2, 0.25) is 0 Å². The van der Waals surface area contributed by atoms with Gasteiger partial charge in [-0.15, -0.1) is 0 Å². The van der Waals surface area contributed by atoms with Gasteiger partial charge in [-0.1, -0.05) is 30.3 Å². The van der Waals surface area contributed by atoms with E-state index in [1.54, 1.807) is 13.8 Å². The van der Waals surface area contributed by atoms with Crippen LogP contribution in [0.1, 0.15) is 35.3 Å². The molecule has 0 radical (unpaired) electrons. The van der Waals surface area contributed by atoms with E-state index in [4.69, 9.17) is 0 Å². The summed E-state index contributed by atoms with van der Waals surface area (Å²) < 4.78 is 27.2. The highest BCUT2D eigenvalue weighted by molar-refractivity contribution is 6.03. The molecule has 0 heterocycles. The Hall–Kier alpha value is -2.03. The maximum absolute atomic E-state index is 13.9. The molecule has 0 saturated carbocycles. The van der Waals surface area contributed by atoms with Crippen LogP contribution in [0.2, 0.25) is 0 Å². The summed E-state index contributed by atoms with van der Waals surface area (Å²) in [5, 5.41) is 0. The summed E-state index contributed by atoms with van der Waals surface area (Å²) in [6, 6.07) is 11.2. The maximum Gasteiger partial charge on any atom is 0.175 e. The lowest BCUT2D eigenvalue weighted by atomic mass is 9.77. The second-order valence-electron chi connectivity index (χ2n) is 5.40. The molecule has 0 N–H and O–H groups in total. The molecular formula is C17H16F2O. The number of carbonyl (C=O) groups excluding carboxylic acids is 1. The van der Waals surface area contributed by atoms with Crippen LogP contribution in [0.25, 0.3) is 0 Å². The van der Waals surface area contributed by atoms with Gasteiger partial charge in [0.1, 0.15) is 11.6 Å². The first-order valence-electron chi connectivity index (χ1n) is 6.40. The van der Waals surface area contributed by atoms with E-state index in [0.717, 1.165) is 11.6 Å². The zero-order valence-electron chi connectivity index (χ0n) is 11.7. The number of hydrogen-bond acceptors (Lipinski definition) is 1. The van der Waals surface area contributed by atoms with Crippen molar-refractivity contribution in [1.29, 1.82) is 0 Å². The van der Waals surface area contributed by atoms with Gasteiger partial charge in [0.05, 0.1) is 11.0 Å². The third-order valence-electron chi connectivity index (χ3n) is 3.56. The van der Waals surface area contributed by atoms with Crippen LogP contribution in [0.15, 0.2) is 42.5 Å². The van der Waals surface area contributed by atoms with Crippen LogP contribution >= 0.6 is 0 Å². The molecule has 0 amide bonds. The molecule has 104 valence electrons. The third kappa shape index (κ3) is 2.48. The van der Waals surface area contributed by atoms with E-state index in [1.165, 1.54) is 13.0 Å². The third-order valence-corrected chi connectivity index (χ3v) is 3.56. The van der Waals surface area contributed by atoms with Crippen LogP contribution in [0, 0.1) is 18.6 Å². The van der Waals surface area contributed by atoms with E-state index in [9.17, 15) is 13.6 Å². The van der Waals surface area contributed by atoms with Gasteiger partial charge in [-0.25, -0.2) is 8.78 Å². The quantitative estimate of drug-likeness (QED) is 0.756. The van der Waals surface area contributed by atoms with Crippen LogP contribution in [-0.4, -0.2) is 5.78 Å². The molecule has 3 heteroatoms. The minimum atomic E-state index is -0.869. The van der Waals surface area contributed by atoms with E-state index in [2.05, 4.69) is 0 Å². The Labute approximate surface area is 117 Å². The number of Topliss-reactive ketones (excluding diaryl/α,β-unsaturated/α-hetero) is 1. The number of halogens is 2. The Kier molecular flexibility index (Phi) is 3.71. The molecule has 2 aromatic rings. The minimum Gasteiger partial charge on any atom is -0.293 e. The van der Waals surface area contributed by atoms with Gasteiger partial charge in [0.25, 0.3) is 0 Å². The van der Waals surface area contributed by atoms with Crippen molar-refractivity contribution in [3.8, 4) is 0 Å². The minimum absolute atomic E-state index is 0.0715. The molecule has 0 aliphatic rings. The van der Waals surface area contributed by atoms with Crippen molar-refractivity contribution in [3.05, 3.63) is 70.8 Å². The number of benzene rings is 2. The molecule has 0 aliphatic heterocycles. The fourth-order valence-corrected chi connectivity index (χ4v) is 2.15. The van der Waals surface area contributed by atoms with Crippen molar-refractivity contribution in [2.45, 2.75) is 26.2 Å². The average Bonchev–Trinajstić information content (AvgIpc) is 2.43. The van der Waals surface area contributed by atoms with E-state index >= 15 is 0 Å². The molecule has 0 spiro atoms. The lowest BCUT2D eigenvalue weighted by Gasteiger charge is -2.24. The highest BCUT2D eigenvalue weighted by Gasteiger charge is 2.32. The lowest BCUT2D eigenvalue weighted by Crippen LogP contribution is -2.30. The Balaban J connectivity index is 2.49. The van der Waals surface area contributed by atoms with Gasteiger partial charge in [-0.3, -0.25) is 4.79 Å². The van der Waals surface area contributed by atoms with Gasteiger partial charge in [-0.05, 0) is 38.0 Å². The van der Waals surface area contributed by atoms with Crippen LogP contribution < -0.4 is 0 Å². The van der Waals surface area contributed by atoms with E-state index < -0.39 is 17.0 Å². The summed E-state index contributed by atoms with van der Waals surface area (Å²) in [7, 11) is 0. The normalized spacial score (nSPS) is 11.4. The van der Waals surface area contributed by atoms with Gasteiger partial charge >= 0.3 is 0 Å². The van der Waals surface area contributed by atoms with Crippen LogP contribution in [0.5, 0.6) is 0 Å². The highest BCUT2D eigenvalue weighted by atomic mass is 19.1. The van der Waals surface area contributed by atoms with Crippen molar-refractivity contribution in [3.63, 3.8) is 0 Å². The molecular weight excluding hydrogens is 258 g/mol. The molecule has 0 aromatic heterocycles. The predicted octanol–water partition coefficient (Wildman–Crippen LogP) is 4.43. The first-order chi connectivity index (χ1) is 9.34. The molecule has 2 rings (SSSR count). The van der Waals surface area contributed by atoms with Gasteiger partial charge in [0.15, 0.2) is 5.78 Å². The fraction of sp³-hybridized carbons (Fsp3) is 0.235. The number of aryl methyl sites for hydroxylation is 1. The molecule has 0 aliphatic carbocycles. The molecule has 20 heavy (non-hydrogen) atoms. The summed E-state index contributed by atoms with van der Waals surface area (Å²) in [5.41, 5.74) is 0.120. The molecule has 0 unspecified atom stereocenters. The second kappa shape index (κ2) is 5.16. The number of carbonyl (C=O) groups is 1. The standard InChI is InChI=1S/C17H16F2O/c1-11-9-13(15(19)10-14(11)18)16(20)17(2,3)12-7-5-4-6-8-12/h4-10H,1-3H3. The Bertz CT molecular complexity index is 646. The van der Waals surface area contributed by atoms with E-state index in [1.807, 2.05) is 30.3 Å².